The minimum absolute atomic E-state index is 0.113. The highest BCUT2D eigenvalue weighted by Gasteiger charge is 2.18. The molecule has 0 fully saturated rings. The van der Waals surface area contributed by atoms with Crippen LogP contribution in [0.4, 0.5) is 10.5 Å². The van der Waals surface area contributed by atoms with Gasteiger partial charge in [0.15, 0.2) is 0 Å². The van der Waals surface area contributed by atoms with E-state index < -0.39 is 16.2 Å². The number of hydrogen-bond acceptors (Lipinski definition) is 5. The van der Waals surface area contributed by atoms with E-state index in [1.807, 2.05) is 55.5 Å². The van der Waals surface area contributed by atoms with Crippen LogP contribution in [-0.4, -0.2) is 54.2 Å². The summed E-state index contributed by atoms with van der Waals surface area (Å²) in [4.78, 5) is 17.8. The third kappa shape index (κ3) is 6.57. The van der Waals surface area contributed by atoms with Crippen molar-refractivity contribution < 1.29 is 23.1 Å². The number of hydrogen-bond donors (Lipinski definition) is 2. The Morgan fingerprint density at radius 2 is 1.68 bits per heavy atom. The number of nitrogens with zero attached hydrogens (tertiary/aromatic N) is 4. The highest BCUT2D eigenvalue weighted by Crippen LogP contribution is 2.31. The van der Waals surface area contributed by atoms with Gasteiger partial charge in [0.05, 0.1) is 15.9 Å². The molecule has 0 atom stereocenters. The summed E-state index contributed by atoms with van der Waals surface area (Å²) in [6, 6.07) is 26.9. The fourth-order valence-corrected chi connectivity index (χ4v) is 5.97. The Morgan fingerprint density at radius 1 is 1.00 bits per heavy atom. The van der Waals surface area contributed by atoms with Gasteiger partial charge in [-0.2, -0.15) is 8.42 Å². The molecule has 0 aliphatic rings. The van der Waals surface area contributed by atoms with Gasteiger partial charge in [0.25, 0.3) is 10.0 Å². The molecule has 0 amide bonds. The van der Waals surface area contributed by atoms with Crippen LogP contribution < -0.4 is 10.1 Å². The van der Waals surface area contributed by atoms with Gasteiger partial charge in [-0.15, -0.1) is 4.40 Å². The number of imidazole rings is 1. The Morgan fingerprint density at radius 3 is 2.34 bits per heavy atom. The molecule has 0 saturated carbocycles. The summed E-state index contributed by atoms with van der Waals surface area (Å²) in [5, 5.41) is 12.3. The summed E-state index contributed by atoms with van der Waals surface area (Å²) in [5.41, 5.74) is 5.93. The number of para-hydroxylation sites is 1. The number of guanidine groups is 1. The van der Waals surface area contributed by atoms with Gasteiger partial charge in [-0.05, 0) is 53.9 Å². The molecular formula is C33H33N5O5S. The SMILES string of the molecule is CCc1nc2c(C)cc(NC(=NS(=O)(=O)c3ccccc3)N(C)C)cc2n1Cc1ccc(-c2ccccc2OC(=O)O)cc1. The van der Waals surface area contributed by atoms with Gasteiger partial charge in [-0.3, -0.25) is 0 Å². The minimum Gasteiger partial charge on any atom is -0.449 e. The Bertz CT molecular complexity index is 1950. The van der Waals surface area contributed by atoms with E-state index in [0.29, 0.717) is 24.2 Å². The number of aryl methyl sites for hydroxylation is 2. The minimum atomic E-state index is -3.93. The van der Waals surface area contributed by atoms with Crippen molar-refractivity contribution >= 4 is 38.9 Å². The molecule has 2 N–H and O–H groups in total. The monoisotopic (exact) mass is 611 g/mol. The molecule has 226 valence electrons. The van der Waals surface area contributed by atoms with E-state index in [1.54, 1.807) is 49.3 Å². The zero-order chi connectivity index (χ0) is 31.4. The summed E-state index contributed by atoms with van der Waals surface area (Å²) in [6.45, 7) is 4.58. The lowest BCUT2D eigenvalue weighted by molar-refractivity contribution is 0.144. The van der Waals surface area contributed by atoms with Gasteiger partial charge in [-0.25, -0.2) is 9.78 Å². The molecule has 11 heteroatoms. The molecule has 0 unspecified atom stereocenters. The van der Waals surface area contributed by atoms with Crippen molar-refractivity contribution in [3.8, 4) is 16.9 Å². The van der Waals surface area contributed by atoms with Crippen LogP contribution in [0.5, 0.6) is 5.75 Å². The maximum absolute atomic E-state index is 13.0. The Balaban J connectivity index is 1.48. The molecule has 0 bridgehead atoms. The number of carboxylic acid groups (broad SMARTS) is 1. The largest absolute Gasteiger partial charge is 0.511 e. The number of rotatable bonds is 8. The number of aromatic nitrogens is 2. The van der Waals surface area contributed by atoms with Gasteiger partial charge in [0, 0.05) is 38.3 Å². The number of ether oxygens (including phenoxy) is 1. The Kier molecular flexibility index (Phi) is 8.68. The topological polar surface area (TPSA) is 126 Å². The lowest BCUT2D eigenvalue weighted by Gasteiger charge is -2.18. The summed E-state index contributed by atoms with van der Waals surface area (Å²) in [6.07, 6.45) is -0.645. The van der Waals surface area contributed by atoms with E-state index in [4.69, 9.17) is 14.8 Å². The number of carbonyl (C=O) groups is 1. The zero-order valence-corrected chi connectivity index (χ0v) is 25.7. The van der Waals surface area contributed by atoms with Crippen LogP contribution in [0, 0.1) is 6.92 Å². The lowest BCUT2D eigenvalue weighted by atomic mass is 10.0. The molecule has 44 heavy (non-hydrogen) atoms. The summed E-state index contributed by atoms with van der Waals surface area (Å²) in [5.74, 6) is 1.36. The summed E-state index contributed by atoms with van der Waals surface area (Å²) >= 11 is 0. The zero-order valence-electron chi connectivity index (χ0n) is 24.9. The standard InChI is InChI=1S/C33H33N5O5S/c1-5-30-35-31-22(2)19-25(34-32(37(3)4)36-44(41,42)26-11-7-6-8-12-26)20-28(31)38(30)21-23-15-17-24(18-16-23)27-13-9-10-14-29(27)43-33(39)40/h6-20H,5,21H2,1-4H3,(H,34,36)(H,39,40). The smallest absolute Gasteiger partial charge is 0.449 e. The second-order valence-corrected chi connectivity index (χ2v) is 12.0. The Labute approximate surface area is 256 Å². The number of nitrogens with one attached hydrogen (secondary N) is 1. The average Bonchev–Trinajstić information content (AvgIpc) is 3.35. The average molecular weight is 612 g/mol. The fourth-order valence-electron chi connectivity index (χ4n) is 4.92. The normalized spacial score (nSPS) is 11.9. The first-order valence-electron chi connectivity index (χ1n) is 14.0. The molecule has 0 spiro atoms. The van der Waals surface area contributed by atoms with Crippen LogP contribution in [0.25, 0.3) is 22.2 Å². The first-order chi connectivity index (χ1) is 21.1. The Hall–Kier alpha value is -5.16. The van der Waals surface area contributed by atoms with Crippen LogP contribution in [0.2, 0.25) is 0 Å². The van der Waals surface area contributed by atoms with Crippen LogP contribution >= 0.6 is 0 Å². The van der Waals surface area contributed by atoms with Crippen LogP contribution in [-0.2, 0) is 23.0 Å². The number of fused-ring (bicyclic) bond motifs is 1. The van der Waals surface area contributed by atoms with E-state index in [0.717, 1.165) is 33.5 Å². The molecule has 0 saturated heterocycles. The molecule has 0 aliphatic heterocycles. The second-order valence-electron chi connectivity index (χ2n) is 10.4. The van der Waals surface area contributed by atoms with Gasteiger partial charge >= 0.3 is 6.16 Å². The van der Waals surface area contributed by atoms with Crippen molar-refractivity contribution in [1.29, 1.82) is 0 Å². The van der Waals surface area contributed by atoms with Crippen molar-refractivity contribution in [2.75, 3.05) is 19.4 Å². The molecule has 0 radical (unpaired) electrons. The predicted octanol–water partition coefficient (Wildman–Crippen LogP) is 6.40. The summed E-state index contributed by atoms with van der Waals surface area (Å²) < 4.78 is 37.2. The van der Waals surface area contributed by atoms with Gasteiger partial charge in [0.2, 0.25) is 5.96 Å². The maximum Gasteiger partial charge on any atom is 0.511 e. The highest BCUT2D eigenvalue weighted by molar-refractivity contribution is 7.90. The quantitative estimate of drug-likeness (QED) is 0.0894. The summed E-state index contributed by atoms with van der Waals surface area (Å²) in [7, 11) is -0.471. The van der Waals surface area contributed by atoms with E-state index in [9.17, 15) is 13.2 Å². The van der Waals surface area contributed by atoms with Gasteiger partial charge in [0.1, 0.15) is 11.6 Å². The maximum atomic E-state index is 13.0. The first kappa shape index (κ1) is 30.3. The van der Waals surface area contributed by atoms with Gasteiger partial charge < -0.3 is 24.6 Å². The number of anilines is 1. The van der Waals surface area contributed by atoms with E-state index >= 15 is 0 Å². The molecule has 5 aromatic rings. The van der Waals surface area contributed by atoms with E-state index in [1.165, 1.54) is 12.1 Å². The molecule has 1 heterocycles. The third-order valence-electron chi connectivity index (χ3n) is 7.06. The molecule has 0 aliphatic carbocycles. The predicted molar refractivity (Wildman–Crippen MR) is 172 cm³/mol. The van der Waals surface area contributed by atoms with Crippen molar-refractivity contribution in [3.05, 3.63) is 108 Å². The molecule has 10 nitrogen and oxygen atoms in total. The van der Waals surface area contributed by atoms with Crippen molar-refractivity contribution in [3.63, 3.8) is 0 Å². The highest BCUT2D eigenvalue weighted by atomic mass is 32.2. The van der Waals surface area contributed by atoms with Crippen molar-refractivity contribution in [2.45, 2.75) is 31.7 Å². The lowest BCUT2D eigenvalue weighted by Crippen LogP contribution is -2.30. The molecule has 5 rings (SSSR count). The second kappa shape index (κ2) is 12.6. The molecular weight excluding hydrogens is 578 g/mol. The van der Waals surface area contributed by atoms with E-state index in [-0.39, 0.29) is 16.6 Å². The van der Waals surface area contributed by atoms with Crippen LogP contribution in [0.3, 0.4) is 0 Å². The van der Waals surface area contributed by atoms with Crippen molar-refractivity contribution in [1.82, 2.24) is 14.5 Å². The van der Waals surface area contributed by atoms with Crippen molar-refractivity contribution in [2.24, 2.45) is 4.40 Å². The molecule has 4 aromatic carbocycles. The number of benzene rings is 4. The third-order valence-corrected chi connectivity index (χ3v) is 8.34. The van der Waals surface area contributed by atoms with Crippen LogP contribution in [0.1, 0.15) is 23.9 Å². The fraction of sp³-hybridized carbons (Fsp3) is 0.182. The van der Waals surface area contributed by atoms with Gasteiger partial charge in [-0.1, -0.05) is 67.6 Å². The number of sulfonamides is 1. The van der Waals surface area contributed by atoms with E-state index in [2.05, 4.69) is 21.2 Å². The molecule has 1 aromatic heterocycles. The van der Waals surface area contributed by atoms with Crippen LogP contribution in [0.15, 0.2) is 100 Å². The first-order valence-corrected chi connectivity index (χ1v) is 15.4.